The molecular formula is C13H18O2S. The first-order valence-electron chi connectivity index (χ1n) is 5.68. The van der Waals surface area contributed by atoms with Crippen molar-refractivity contribution in [3.8, 4) is 0 Å². The molecule has 88 valence electrons. The molecule has 0 radical (unpaired) electrons. The summed E-state index contributed by atoms with van der Waals surface area (Å²) in [6.07, 6.45) is 0.307. The van der Waals surface area contributed by atoms with Crippen LogP contribution in [0.3, 0.4) is 0 Å². The molecule has 0 saturated carbocycles. The molecule has 2 rings (SSSR count). The quantitative estimate of drug-likeness (QED) is 0.873. The van der Waals surface area contributed by atoms with Crippen LogP contribution in [0.25, 0.3) is 0 Å². The van der Waals surface area contributed by atoms with Gasteiger partial charge in [0.25, 0.3) is 0 Å². The van der Waals surface area contributed by atoms with Crippen LogP contribution in [0, 0.1) is 6.92 Å². The first-order chi connectivity index (χ1) is 7.75. The maximum atomic E-state index is 10.1. The lowest BCUT2D eigenvalue weighted by Crippen LogP contribution is -2.36. The van der Waals surface area contributed by atoms with Crippen LogP contribution in [0.1, 0.15) is 11.1 Å². The molecule has 2 unspecified atom stereocenters. The number of aliphatic hydroxyl groups excluding tert-OH is 1. The Morgan fingerprint density at radius 3 is 2.81 bits per heavy atom. The number of ether oxygens (including phenoxy) is 1. The van der Waals surface area contributed by atoms with Crippen LogP contribution < -0.4 is 0 Å². The Balaban J connectivity index is 1.90. The van der Waals surface area contributed by atoms with Crippen molar-refractivity contribution in [3.05, 3.63) is 35.4 Å². The van der Waals surface area contributed by atoms with Gasteiger partial charge >= 0.3 is 0 Å². The average molecular weight is 238 g/mol. The summed E-state index contributed by atoms with van der Waals surface area (Å²) in [6, 6.07) is 8.32. The van der Waals surface area contributed by atoms with Crippen molar-refractivity contribution in [3.63, 3.8) is 0 Å². The molecule has 0 amide bonds. The molecule has 3 heteroatoms. The third kappa shape index (κ3) is 3.24. The number of rotatable bonds is 3. The number of aryl methyl sites for hydroxylation is 1. The standard InChI is InChI=1S/C13H18O2S/c1-10-2-4-11(5-3-10)8-12(14)13-9-16-7-6-15-13/h2-5,12-14H,6-9H2,1H3. The van der Waals surface area contributed by atoms with Gasteiger partial charge in [-0.3, -0.25) is 0 Å². The van der Waals surface area contributed by atoms with Gasteiger partial charge in [-0.05, 0) is 12.5 Å². The molecule has 1 saturated heterocycles. The van der Waals surface area contributed by atoms with E-state index in [0.29, 0.717) is 6.42 Å². The zero-order chi connectivity index (χ0) is 11.4. The minimum absolute atomic E-state index is 0.0000491. The molecule has 1 aromatic carbocycles. The van der Waals surface area contributed by atoms with Gasteiger partial charge in [0.2, 0.25) is 0 Å². The monoisotopic (exact) mass is 238 g/mol. The fraction of sp³-hybridized carbons (Fsp3) is 0.538. The predicted molar refractivity (Wildman–Crippen MR) is 68.0 cm³/mol. The average Bonchev–Trinajstić information content (AvgIpc) is 2.33. The lowest BCUT2D eigenvalue weighted by Gasteiger charge is -2.26. The van der Waals surface area contributed by atoms with Gasteiger partial charge in [0, 0.05) is 17.9 Å². The summed E-state index contributed by atoms with van der Waals surface area (Å²) in [5.74, 6) is 1.96. The largest absolute Gasteiger partial charge is 0.390 e. The van der Waals surface area contributed by atoms with E-state index in [2.05, 4.69) is 31.2 Å². The third-order valence-electron chi connectivity index (χ3n) is 2.84. The van der Waals surface area contributed by atoms with E-state index in [1.165, 1.54) is 11.1 Å². The highest BCUT2D eigenvalue weighted by Gasteiger charge is 2.22. The van der Waals surface area contributed by atoms with Gasteiger partial charge in [-0.15, -0.1) is 0 Å². The Bertz CT molecular complexity index is 317. The first-order valence-corrected chi connectivity index (χ1v) is 6.84. The van der Waals surface area contributed by atoms with Crippen molar-refractivity contribution in [2.75, 3.05) is 18.1 Å². The van der Waals surface area contributed by atoms with E-state index in [9.17, 15) is 5.11 Å². The van der Waals surface area contributed by atoms with E-state index < -0.39 is 0 Å². The first kappa shape index (κ1) is 12.0. The SMILES string of the molecule is Cc1ccc(CC(O)C2CSCCO2)cc1. The van der Waals surface area contributed by atoms with Crippen LogP contribution in [0.15, 0.2) is 24.3 Å². The number of hydrogen-bond acceptors (Lipinski definition) is 3. The molecule has 0 spiro atoms. The van der Waals surface area contributed by atoms with Gasteiger partial charge in [0.1, 0.15) is 0 Å². The molecule has 0 aliphatic carbocycles. The predicted octanol–water partition coefficient (Wildman–Crippen LogP) is 2.03. The summed E-state index contributed by atoms with van der Waals surface area (Å²) < 4.78 is 5.56. The van der Waals surface area contributed by atoms with Gasteiger partial charge in [-0.25, -0.2) is 0 Å². The lowest BCUT2D eigenvalue weighted by molar-refractivity contribution is -0.0207. The minimum atomic E-state index is -0.379. The molecule has 1 heterocycles. The van der Waals surface area contributed by atoms with Crippen molar-refractivity contribution in [2.45, 2.75) is 25.6 Å². The molecule has 1 aromatic rings. The van der Waals surface area contributed by atoms with Crippen LogP contribution in [0.4, 0.5) is 0 Å². The zero-order valence-corrected chi connectivity index (χ0v) is 10.4. The highest BCUT2D eigenvalue weighted by Crippen LogP contribution is 2.18. The van der Waals surface area contributed by atoms with Gasteiger partial charge < -0.3 is 9.84 Å². The molecule has 2 nitrogen and oxygen atoms in total. The maximum Gasteiger partial charge on any atom is 0.0927 e. The maximum absolute atomic E-state index is 10.1. The summed E-state index contributed by atoms with van der Waals surface area (Å²) in [5.41, 5.74) is 2.43. The molecule has 1 fully saturated rings. The van der Waals surface area contributed by atoms with E-state index in [0.717, 1.165) is 18.1 Å². The highest BCUT2D eigenvalue weighted by atomic mass is 32.2. The summed E-state index contributed by atoms with van der Waals surface area (Å²) in [5, 5.41) is 10.1. The number of hydrogen-bond donors (Lipinski definition) is 1. The van der Waals surface area contributed by atoms with Crippen LogP contribution in [-0.2, 0) is 11.2 Å². The number of aliphatic hydroxyl groups is 1. The Kier molecular flexibility index (Phi) is 4.27. The smallest absolute Gasteiger partial charge is 0.0927 e. The Morgan fingerprint density at radius 2 is 2.19 bits per heavy atom. The molecular weight excluding hydrogens is 220 g/mol. The lowest BCUT2D eigenvalue weighted by atomic mass is 10.0. The van der Waals surface area contributed by atoms with Gasteiger partial charge in [-0.2, -0.15) is 11.8 Å². The summed E-state index contributed by atoms with van der Waals surface area (Å²) >= 11 is 1.86. The Morgan fingerprint density at radius 1 is 1.44 bits per heavy atom. The minimum Gasteiger partial charge on any atom is -0.390 e. The Hall–Kier alpha value is -0.510. The van der Waals surface area contributed by atoms with Crippen LogP contribution in [-0.4, -0.2) is 35.4 Å². The van der Waals surface area contributed by atoms with Crippen molar-refractivity contribution >= 4 is 11.8 Å². The molecule has 0 aromatic heterocycles. The Labute approximate surface area is 101 Å². The fourth-order valence-corrected chi connectivity index (χ4v) is 2.76. The molecule has 1 aliphatic heterocycles. The van der Waals surface area contributed by atoms with E-state index in [1.54, 1.807) is 0 Å². The highest BCUT2D eigenvalue weighted by molar-refractivity contribution is 7.99. The van der Waals surface area contributed by atoms with E-state index in [-0.39, 0.29) is 12.2 Å². The van der Waals surface area contributed by atoms with E-state index in [1.807, 2.05) is 11.8 Å². The number of benzene rings is 1. The van der Waals surface area contributed by atoms with Crippen molar-refractivity contribution < 1.29 is 9.84 Å². The summed E-state index contributed by atoms with van der Waals surface area (Å²) in [6.45, 7) is 2.83. The van der Waals surface area contributed by atoms with Crippen molar-refractivity contribution in [1.29, 1.82) is 0 Å². The molecule has 2 atom stereocenters. The van der Waals surface area contributed by atoms with Crippen LogP contribution in [0.2, 0.25) is 0 Å². The zero-order valence-electron chi connectivity index (χ0n) is 9.56. The molecule has 0 bridgehead atoms. The second-order valence-electron chi connectivity index (χ2n) is 4.24. The topological polar surface area (TPSA) is 29.5 Å². The van der Waals surface area contributed by atoms with Gasteiger partial charge in [-0.1, -0.05) is 29.8 Å². The van der Waals surface area contributed by atoms with Gasteiger partial charge in [0.15, 0.2) is 0 Å². The van der Waals surface area contributed by atoms with Crippen molar-refractivity contribution in [2.24, 2.45) is 0 Å². The van der Waals surface area contributed by atoms with E-state index in [4.69, 9.17) is 4.74 Å². The second kappa shape index (κ2) is 5.71. The molecule has 1 N–H and O–H groups in total. The second-order valence-corrected chi connectivity index (χ2v) is 5.39. The van der Waals surface area contributed by atoms with Crippen LogP contribution >= 0.6 is 11.8 Å². The third-order valence-corrected chi connectivity index (χ3v) is 3.86. The normalized spacial score (nSPS) is 23.0. The van der Waals surface area contributed by atoms with Gasteiger partial charge in [0.05, 0.1) is 18.8 Å². The van der Waals surface area contributed by atoms with Crippen molar-refractivity contribution in [1.82, 2.24) is 0 Å². The summed E-state index contributed by atoms with van der Waals surface area (Å²) in [4.78, 5) is 0. The molecule has 16 heavy (non-hydrogen) atoms. The molecule has 1 aliphatic rings. The number of thioether (sulfide) groups is 1. The van der Waals surface area contributed by atoms with Crippen LogP contribution in [0.5, 0.6) is 0 Å². The fourth-order valence-electron chi connectivity index (χ4n) is 1.83. The van der Waals surface area contributed by atoms with E-state index >= 15 is 0 Å². The summed E-state index contributed by atoms with van der Waals surface area (Å²) in [7, 11) is 0.